The van der Waals surface area contributed by atoms with E-state index in [9.17, 15) is 14.3 Å². The average Bonchev–Trinajstić information content (AvgIpc) is 2.52. The molecule has 3 fully saturated rings. The highest BCUT2D eigenvalue weighted by Gasteiger charge is 2.55. The Morgan fingerprint density at radius 2 is 2.04 bits per heavy atom. The Kier molecular flexibility index (Phi) is 4.40. The number of hydrogen-bond donors (Lipinski definition) is 2. The van der Waals surface area contributed by atoms with E-state index in [1.54, 1.807) is 0 Å². The maximum Gasteiger partial charge on any atom is 0.309 e. The van der Waals surface area contributed by atoms with Gasteiger partial charge in [0, 0.05) is 6.04 Å². The van der Waals surface area contributed by atoms with E-state index in [1.807, 2.05) is 6.92 Å². The molecule has 0 radical (unpaired) electrons. The first-order chi connectivity index (χ1) is 10.9. The van der Waals surface area contributed by atoms with Gasteiger partial charge in [0.1, 0.15) is 0 Å². The molecule has 0 amide bonds. The van der Waals surface area contributed by atoms with Crippen LogP contribution in [-0.2, 0) is 4.79 Å². The van der Waals surface area contributed by atoms with Crippen molar-refractivity contribution in [2.75, 3.05) is 5.32 Å². The molecular weight excluding hydrogens is 344 g/mol. The number of fused-ring (bicyclic) bond motifs is 3. The van der Waals surface area contributed by atoms with Gasteiger partial charge >= 0.3 is 5.97 Å². The zero-order chi connectivity index (χ0) is 16.8. The Morgan fingerprint density at radius 3 is 2.61 bits per heavy atom. The number of anilines is 1. The molecule has 0 spiro atoms. The lowest BCUT2D eigenvalue weighted by Gasteiger charge is -2.55. The number of hydrogen-bond acceptors (Lipinski definition) is 4. The van der Waals surface area contributed by atoms with Crippen molar-refractivity contribution < 1.29 is 14.3 Å². The molecule has 0 aliphatic heterocycles. The highest BCUT2D eigenvalue weighted by atomic mass is 35.5. The van der Waals surface area contributed by atoms with Gasteiger partial charge in [-0.15, -0.1) is 0 Å². The molecule has 1 aromatic rings. The number of aromatic nitrogens is 2. The Bertz CT molecular complexity index is 635. The van der Waals surface area contributed by atoms with Crippen molar-refractivity contribution in [3.8, 4) is 0 Å². The van der Waals surface area contributed by atoms with Crippen LogP contribution in [0.4, 0.5) is 10.2 Å². The Morgan fingerprint density at radius 1 is 1.39 bits per heavy atom. The van der Waals surface area contributed by atoms with E-state index in [0.29, 0.717) is 0 Å². The number of rotatable bonds is 4. The zero-order valence-electron chi connectivity index (χ0n) is 12.7. The van der Waals surface area contributed by atoms with E-state index >= 15 is 0 Å². The number of carboxylic acids is 1. The van der Waals surface area contributed by atoms with E-state index in [4.69, 9.17) is 23.2 Å². The van der Waals surface area contributed by atoms with Crippen LogP contribution >= 0.6 is 23.2 Å². The predicted molar refractivity (Wildman–Crippen MR) is 85.2 cm³/mol. The second kappa shape index (κ2) is 6.06. The van der Waals surface area contributed by atoms with Crippen molar-refractivity contribution in [1.82, 2.24) is 9.97 Å². The van der Waals surface area contributed by atoms with Crippen molar-refractivity contribution in [2.24, 2.45) is 17.3 Å². The van der Waals surface area contributed by atoms with Gasteiger partial charge in [0.15, 0.2) is 11.0 Å². The fourth-order valence-electron chi connectivity index (χ4n) is 4.38. The standard InChI is InChI=1S/C15H18Cl2FN3O2/c1-2-15-5-3-7(4-6-15)10(8(15)13(22)23)19-12-9(18)11(16)20-14(17)21-12/h7-8,10H,2-6H2,1H3,(H,22,23)(H,19,20,21)/t7?,8-,10-,15?/m0/s1. The van der Waals surface area contributed by atoms with Crippen LogP contribution in [0.2, 0.25) is 10.4 Å². The van der Waals surface area contributed by atoms with Crippen LogP contribution in [0.3, 0.4) is 0 Å². The Hall–Kier alpha value is -1.14. The van der Waals surface area contributed by atoms with Gasteiger partial charge in [-0.05, 0) is 55.0 Å². The first-order valence-electron chi connectivity index (χ1n) is 7.76. The molecule has 2 bridgehead atoms. The van der Waals surface area contributed by atoms with Crippen molar-refractivity contribution in [3.63, 3.8) is 0 Å². The summed E-state index contributed by atoms with van der Waals surface area (Å²) in [6.45, 7) is 2.03. The van der Waals surface area contributed by atoms with Crippen LogP contribution in [0.1, 0.15) is 39.0 Å². The molecule has 126 valence electrons. The molecule has 5 nitrogen and oxygen atoms in total. The third kappa shape index (κ3) is 2.76. The van der Waals surface area contributed by atoms with E-state index in [0.717, 1.165) is 32.1 Å². The van der Waals surface area contributed by atoms with Gasteiger partial charge < -0.3 is 10.4 Å². The highest BCUT2D eigenvalue weighted by molar-refractivity contribution is 6.32. The van der Waals surface area contributed by atoms with Crippen molar-refractivity contribution >= 4 is 35.0 Å². The smallest absolute Gasteiger partial charge is 0.309 e. The lowest BCUT2D eigenvalue weighted by Crippen LogP contribution is -2.57. The SMILES string of the molecule is CCC12CCC(CC1)[C@H](Nc1nc(Cl)nc(Cl)c1F)[C@H]2C(=O)O. The molecule has 2 atom stereocenters. The molecule has 1 aromatic heterocycles. The number of nitrogens with zero attached hydrogens (tertiary/aromatic N) is 2. The molecule has 23 heavy (non-hydrogen) atoms. The van der Waals surface area contributed by atoms with Gasteiger partial charge in [0.25, 0.3) is 0 Å². The maximum atomic E-state index is 14.2. The topological polar surface area (TPSA) is 75.1 Å². The molecule has 3 aliphatic rings. The van der Waals surface area contributed by atoms with Crippen molar-refractivity contribution in [3.05, 3.63) is 16.3 Å². The summed E-state index contributed by atoms with van der Waals surface area (Å²) in [5.74, 6) is -2.17. The molecule has 8 heteroatoms. The summed E-state index contributed by atoms with van der Waals surface area (Å²) in [7, 11) is 0. The summed E-state index contributed by atoms with van der Waals surface area (Å²) >= 11 is 11.4. The number of carboxylic acid groups (broad SMARTS) is 1. The van der Waals surface area contributed by atoms with Crippen LogP contribution in [0.5, 0.6) is 0 Å². The lowest BCUT2D eigenvalue weighted by molar-refractivity contribution is -0.155. The average molecular weight is 362 g/mol. The zero-order valence-corrected chi connectivity index (χ0v) is 14.2. The Labute approximate surface area is 143 Å². The molecule has 0 saturated heterocycles. The third-order valence-electron chi connectivity index (χ3n) is 5.61. The summed E-state index contributed by atoms with van der Waals surface area (Å²) < 4.78 is 14.2. The number of aliphatic carboxylic acids is 1. The third-order valence-corrected chi connectivity index (χ3v) is 6.03. The lowest BCUT2D eigenvalue weighted by atomic mass is 9.52. The summed E-state index contributed by atoms with van der Waals surface area (Å²) in [6, 6.07) is -0.383. The molecule has 3 saturated carbocycles. The largest absolute Gasteiger partial charge is 0.481 e. The second-order valence-corrected chi connectivity index (χ2v) is 7.18. The quantitative estimate of drug-likeness (QED) is 0.625. The highest BCUT2D eigenvalue weighted by Crippen LogP contribution is 2.56. The fourth-order valence-corrected chi connectivity index (χ4v) is 4.76. The van der Waals surface area contributed by atoms with Gasteiger partial charge in [-0.25, -0.2) is 4.98 Å². The minimum Gasteiger partial charge on any atom is -0.481 e. The molecule has 4 rings (SSSR count). The van der Waals surface area contributed by atoms with Crippen LogP contribution < -0.4 is 5.32 Å². The van der Waals surface area contributed by atoms with E-state index in [2.05, 4.69) is 15.3 Å². The van der Waals surface area contributed by atoms with Crippen LogP contribution in [0.25, 0.3) is 0 Å². The second-order valence-electron chi connectivity index (χ2n) is 6.49. The molecule has 0 aromatic carbocycles. The molecule has 3 aliphatic carbocycles. The van der Waals surface area contributed by atoms with Gasteiger partial charge in [-0.3, -0.25) is 4.79 Å². The minimum absolute atomic E-state index is 0.120. The van der Waals surface area contributed by atoms with E-state index < -0.39 is 17.7 Å². The molecule has 1 heterocycles. The van der Waals surface area contributed by atoms with Crippen molar-refractivity contribution in [1.29, 1.82) is 0 Å². The van der Waals surface area contributed by atoms with Crippen LogP contribution in [0, 0.1) is 23.1 Å². The first-order valence-corrected chi connectivity index (χ1v) is 8.51. The van der Waals surface area contributed by atoms with Crippen LogP contribution in [-0.4, -0.2) is 27.1 Å². The van der Waals surface area contributed by atoms with Gasteiger partial charge in [0.2, 0.25) is 11.1 Å². The normalized spacial score (nSPS) is 32.8. The van der Waals surface area contributed by atoms with Crippen molar-refractivity contribution in [2.45, 2.75) is 45.1 Å². The van der Waals surface area contributed by atoms with Gasteiger partial charge in [-0.1, -0.05) is 18.5 Å². The number of halogens is 3. The van der Waals surface area contributed by atoms with Crippen LogP contribution in [0.15, 0.2) is 0 Å². The summed E-state index contributed by atoms with van der Waals surface area (Å²) in [6.07, 6.45) is 4.46. The Balaban J connectivity index is 1.97. The minimum atomic E-state index is -0.847. The van der Waals surface area contributed by atoms with E-state index in [-0.39, 0.29) is 33.6 Å². The van der Waals surface area contributed by atoms with Gasteiger partial charge in [-0.2, -0.15) is 9.37 Å². The first kappa shape index (κ1) is 16.7. The molecular formula is C15H18Cl2FN3O2. The summed E-state index contributed by atoms with van der Waals surface area (Å²) in [5.41, 5.74) is -0.241. The maximum absolute atomic E-state index is 14.2. The predicted octanol–water partition coefficient (Wildman–Crippen LogP) is 4.00. The molecule has 0 unspecified atom stereocenters. The number of nitrogens with one attached hydrogen (secondary N) is 1. The van der Waals surface area contributed by atoms with E-state index in [1.165, 1.54) is 0 Å². The molecule has 2 N–H and O–H groups in total. The monoisotopic (exact) mass is 361 g/mol. The van der Waals surface area contributed by atoms with Gasteiger partial charge in [0.05, 0.1) is 5.92 Å². The summed E-state index contributed by atoms with van der Waals surface area (Å²) in [4.78, 5) is 19.3. The summed E-state index contributed by atoms with van der Waals surface area (Å²) in [5, 5.41) is 12.2. The fraction of sp³-hybridized carbons (Fsp3) is 0.667. The number of carbonyl (C=O) groups is 1.